The Morgan fingerprint density at radius 3 is 2.27 bits per heavy atom. The van der Waals surface area contributed by atoms with Gasteiger partial charge in [-0.05, 0) is 68.0 Å². The summed E-state index contributed by atoms with van der Waals surface area (Å²) in [6.45, 7) is 13.4. The molecule has 0 spiro atoms. The van der Waals surface area contributed by atoms with Gasteiger partial charge in [0.05, 0.1) is 24.2 Å². The maximum atomic E-state index is 13.7. The van der Waals surface area contributed by atoms with Crippen LogP contribution in [0.4, 0.5) is 4.79 Å². The number of hydrogen-bond acceptors (Lipinski definition) is 12. The van der Waals surface area contributed by atoms with E-state index in [2.05, 4.69) is 16.0 Å². The molecular formula is C44H60ClN3O12. The van der Waals surface area contributed by atoms with Gasteiger partial charge in [-0.2, -0.15) is 0 Å². The Morgan fingerprint density at radius 2 is 1.65 bits per heavy atom. The van der Waals surface area contributed by atoms with Crippen LogP contribution in [0.3, 0.4) is 0 Å². The molecule has 0 bridgehead atoms. The number of carbonyl (C=O) groups excluding carboxylic acids is 6. The van der Waals surface area contributed by atoms with Gasteiger partial charge in [-0.25, -0.2) is 9.59 Å². The molecule has 0 fully saturated rings. The van der Waals surface area contributed by atoms with Gasteiger partial charge < -0.3 is 44.7 Å². The van der Waals surface area contributed by atoms with Crippen molar-refractivity contribution < 1.29 is 57.6 Å². The fourth-order valence-electron chi connectivity index (χ4n) is 6.21. The van der Waals surface area contributed by atoms with E-state index in [-0.39, 0.29) is 44.9 Å². The van der Waals surface area contributed by atoms with Gasteiger partial charge in [-0.3, -0.25) is 19.2 Å². The molecule has 3 amide bonds. The number of hydrogen-bond donors (Lipinski definition) is 4. The van der Waals surface area contributed by atoms with E-state index in [0.717, 1.165) is 5.56 Å². The normalized spacial score (nSPS) is 21.6. The zero-order valence-electron chi connectivity index (χ0n) is 35.9. The molecule has 2 aromatic rings. The molecule has 0 aromatic heterocycles. The topological polar surface area (TPSA) is 205 Å². The van der Waals surface area contributed by atoms with Crippen LogP contribution in [0, 0.1) is 17.8 Å². The average molecular weight is 858 g/mol. The molecule has 16 heteroatoms. The molecule has 0 radical (unpaired) electrons. The number of cyclic esters (lactones) is 2. The molecule has 7 atom stereocenters. The Kier molecular flexibility index (Phi) is 18.9. The minimum absolute atomic E-state index is 0.000888. The van der Waals surface area contributed by atoms with E-state index < -0.39 is 83.5 Å². The molecular weight excluding hydrogens is 798 g/mol. The molecule has 2 aromatic carbocycles. The second kappa shape index (κ2) is 23.0. The van der Waals surface area contributed by atoms with Crippen molar-refractivity contribution in [2.45, 2.75) is 117 Å². The van der Waals surface area contributed by atoms with Gasteiger partial charge in [0.2, 0.25) is 11.8 Å². The maximum absolute atomic E-state index is 13.7. The lowest BCUT2D eigenvalue weighted by Gasteiger charge is -2.32. The highest BCUT2D eigenvalue weighted by atomic mass is 35.5. The average Bonchev–Trinajstić information content (AvgIpc) is 3.18. The number of methoxy groups -OCH3 is 1. The zero-order valence-corrected chi connectivity index (χ0v) is 36.6. The minimum Gasteiger partial charge on any atom is -0.495 e. The first-order valence-electron chi connectivity index (χ1n) is 20.0. The molecule has 1 aliphatic heterocycles. The number of alkyl carbamates (subject to hydrolysis) is 1. The third-order valence-corrected chi connectivity index (χ3v) is 10.00. The van der Waals surface area contributed by atoms with Crippen LogP contribution < -0.4 is 20.7 Å². The number of aliphatic hydroxyl groups is 1. The second-order valence-corrected chi connectivity index (χ2v) is 16.9. The van der Waals surface area contributed by atoms with Crippen LogP contribution in [-0.4, -0.2) is 91.1 Å². The van der Waals surface area contributed by atoms with Crippen LogP contribution in [0.25, 0.3) is 0 Å². The lowest BCUT2D eigenvalue weighted by atomic mass is 9.84. The van der Waals surface area contributed by atoms with E-state index in [1.54, 1.807) is 77.1 Å². The van der Waals surface area contributed by atoms with Crippen molar-refractivity contribution in [2.24, 2.45) is 17.8 Å². The van der Waals surface area contributed by atoms with E-state index in [1.165, 1.54) is 19.3 Å². The number of rotatable bonds is 13. The molecule has 1 aliphatic rings. The van der Waals surface area contributed by atoms with E-state index in [4.69, 9.17) is 35.3 Å². The molecule has 330 valence electrons. The predicted octanol–water partition coefficient (Wildman–Crippen LogP) is 5.33. The largest absolute Gasteiger partial charge is 0.495 e. The summed E-state index contributed by atoms with van der Waals surface area (Å²) in [5.74, 6) is -4.94. The first kappa shape index (κ1) is 49.2. The molecule has 0 saturated heterocycles. The van der Waals surface area contributed by atoms with Gasteiger partial charge >= 0.3 is 24.0 Å². The lowest BCUT2D eigenvalue weighted by Crippen LogP contribution is -2.49. The zero-order chi connectivity index (χ0) is 44.7. The number of esters is 3. The predicted molar refractivity (Wildman–Crippen MR) is 223 cm³/mol. The number of carbonyl (C=O) groups is 6. The summed E-state index contributed by atoms with van der Waals surface area (Å²) in [4.78, 5) is 77.7. The van der Waals surface area contributed by atoms with Crippen molar-refractivity contribution in [3.8, 4) is 5.75 Å². The van der Waals surface area contributed by atoms with Gasteiger partial charge in [0, 0.05) is 31.2 Å². The van der Waals surface area contributed by atoms with Crippen molar-refractivity contribution in [1.82, 2.24) is 16.0 Å². The Morgan fingerprint density at radius 1 is 0.983 bits per heavy atom. The van der Waals surface area contributed by atoms with Crippen LogP contribution in [0.15, 0.2) is 54.6 Å². The van der Waals surface area contributed by atoms with E-state index in [1.807, 2.05) is 20.8 Å². The van der Waals surface area contributed by atoms with Gasteiger partial charge in [0.1, 0.15) is 36.6 Å². The van der Waals surface area contributed by atoms with Crippen molar-refractivity contribution in [1.29, 1.82) is 0 Å². The van der Waals surface area contributed by atoms with Crippen LogP contribution in [0.1, 0.15) is 90.8 Å². The third-order valence-electron chi connectivity index (χ3n) is 9.70. The molecule has 15 nitrogen and oxygen atoms in total. The number of amides is 3. The molecule has 0 saturated carbocycles. The number of halogens is 1. The Labute approximate surface area is 357 Å². The van der Waals surface area contributed by atoms with Crippen molar-refractivity contribution in [3.63, 3.8) is 0 Å². The van der Waals surface area contributed by atoms with E-state index in [0.29, 0.717) is 21.9 Å². The second-order valence-electron chi connectivity index (χ2n) is 16.4. The van der Waals surface area contributed by atoms with Crippen LogP contribution >= 0.6 is 11.6 Å². The Bertz CT molecular complexity index is 1830. The highest BCUT2D eigenvalue weighted by Gasteiger charge is 2.35. The van der Waals surface area contributed by atoms with Crippen LogP contribution in [0.2, 0.25) is 5.02 Å². The molecule has 0 unspecified atom stereocenters. The van der Waals surface area contributed by atoms with Crippen molar-refractivity contribution in [2.75, 3.05) is 20.2 Å². The molecule has 0 aliphatic carbocycles. The molecule has 60 heavy (non-hydrogen) atoms. The highest BCUT2D eigenvalue weighted by Crippen LogP contribution is 2.30. The van der Waals surface area contributed by atoms with Crippen LogP contribution in [-0.2, 0) is 55.9 Å². The minimum atomic E-state index is -1.26. The quantitative estimate of drug-likeness (QED) is 0.149. The van der Waals surface area contributed by atoms with Gasteiger partial charge in [0.25, 0.3) is 0 Å². The molecule has 3 rings (SSSR count). The van der Waals surface area contributed by atoms with E-state index in [9.17, 15) is 33.9 Å². The summed E-state index contributed by atoms with van der Waals surface area (Å²) in [7, 11) is 1.48. The Hall–Kier alpha value is -5.15. The first-order chi connectivity index (χ1) is 28.2. The summed E-state index contributed by atoms with van der Waals surface area (Å²) < 4.78 is 27.3. The SMILES string of the molecule is COc1ccc(C[C@H]2NC(=O)/C=C/C[C@@H]([C@H](C)[C@@H](O)[C@@H](C)c3ccc(COC(=O)CNC(=O)OC(C)(C)C)cc3)OC(=O)[C@H](CC(C)C)OC(=O)[C@H](C)CNC2=O)cc1Cl. The lowest BCUT2D eigenvalue weighted by molar-refractivity contribution is -0.177. The molecule has 4 N–H and O–H groups in total. The summed E-state index contributed by atoms with van der Waals surface area (Å²) in [5.41, 5.74) is 1.35. The smallest absolute Gasteiger partial charge is 0.408 e. The number of nitrogens with one attached hydrogen (secondary N) is 3. The molecule has 1 heterocycles. The number of ether oxygens (including phenoxy) is 5. The van der Waals surface area contributed by atoms with Gasteiger partial charge in [-0.1, -0.05) is 82.6 Å². The monoisotopic (exact) mass is 857 g/mol. The third kappa shape index (κ3) is 16.1. The van der Waals surface area contributed by atoms with Gasteiger partial charge in [0.15, 0.2) is 6.10 Å². The summed E-state index contributed by atoms with van der Waals surface area (Å²) in [6, 6.07) is 11.0. The van der Waals surface area contributed by atoms with E-state index >= 15 is 0 Å². The first-order valence-corrected chi connectivity index (χ1v) is 20.4. The van der Waals surface area contributed by atoms with Gasteiger partial charge in [-0.15, -0.1) is 0 Å². The number of aliphatic hydroxyl groups excluding tert-OH is 1. The fraction of sp³-hybridized carbons (Fsp3) is 0.545. The summed E-state index contributed by atoms with van der Waals surface area (Å²) >= 11 is 6.32. The summed E-state index contributed by atoms with van der Waals surface area (Å²) in [6.07, 6.45) is -1.05. The maximum Gasteiger partial charge on any atom is 0.408 e. The van der Waals surface area contributed by atoms with Crippen molar-refractivity contribution in [3.05, 3.63) is 76.3 Å². The number of benzene rings is 2. The highest BCUT2D eigenvalue weighted by molar-refractivity contribution is 6.32. The standard InChI is InChI=1S/C44H60ClN3O12/c1-25(2)19-36-42(54)58-34(28(5)39(51)27(4)31-16-13-29(14-17-31)24-57-38(50)23-47-43(55)60-44(6,7)8)11-10-12-37(49)48-33(40(52)46-22-26(3)41(53)59-36)21-30-15-18-35(56-9)32(45)20-30/h10,12-18,20,25-28,33-34,36,39,51H,11,19,21-24H2,1-9H3,(H,46,52)(H,47,55)(H,48,49)/b12-10+/t26-,27+,28+,33-,34+,36+,39+/m1/s1. The fourth-order valence-corrected chi connectivity index (χ4v) is 6.49. The van der Waals surface area contributed by atoms with Crippen molar-refractivity contribution >= 4 is 47.4 Å². The van der Waals surface area contributed by atoms with Crippen LogP contribution in [0.5, 0.6) is 5.75 Å². The summed E-state index contributed by atoms with van der Waals surface area (Å²) in [5, 5.41) is 19.8. The Balaban J connectivity index is 1.80.